The van der Waals surface area contributed by atoms with Gasteiger partial charge in [-0.2, -0.15) is 0 Å². The van der Waals surface area contributed by atoms with Crippen molar-refractivity contribution in [2.75, 3.05) is 26.4 Å². The summed E-state index contributed by atoms with van der Waals surface area (Å²) >= 11 is 0. The van der Waals surface area contributed by atoms with Crippen LogP contribution in [0.15, 0.2) is 0 Å². The monoisotopic (exact) mass is 824 g/mol. The molecule has 2 aliphatic rings. The third-order valence-electron chi connectivity index (χ3n) is 7.03. The molecule has 50 heavy (non-hydrogen) atoms. The molecular weight excluding hydrogens is 754 g/mol. The maximum Gasteiger partial charge on any atom is 3.00 e. The fourth-order valence-corrected chi connectivity index (χ4v) is 6.80. The van der Waals surface area contributed by atoms with Crippen molar-refractivity contribution in [3.63, 3.8) is 0 Å². The van der Waals surface area contributed by atoms with Gasteiger partial charge in [0.15, 0.2) is 0 Å². The first-order valence-corrected chi connectivity index (χ1v) is 20.6. The fourth-order valence-electron chi connectivity index (χ4n) is 3.65. The first-order valence-electron chi connectivity index (χ1n) is 17.9. The molecule has 8 nitrogen and oxygen atoms in total. The zero-order valence-corrected chi connectivity index (χ0v) is 40.6. The second kappa shape index (κ2) is 21.1. The molecule has 282 valence electrons. The van der Waals surface area contributed by atoms with Crippen LogP contribution in [-0.2, 0) is 74.7 Å². The Morgan fingerprint density at radius 2 is 0.580 bits per heavy atom. The SMILES string of the molecule is C1CCOC1.C1CCOC1.CC(C)(C)c1n[n-]c(C(C)(C)C)p1.CC(C)(C)c1n[n-]c(C(C)(C)C)p1.CC(C)(C)c1n[n-]c(C(C)(C)C)p1.[Y+3]. The predicted octanol–water partition coefficient (Wildman–Crippen LogP) is 11.2. The number of nitrogens with zero attached hydrogens (tertiary/aromatic N) is 6. The normalized spacial score (nSPS) is 15.7. The van der Waals surface area contributed by atoms with E-state index in [9.17, 15) is 0 Å². The summed E-state index contributed by atoms with van der Waals surface area (Å²) in [4.78, 5) is 0. The van der Waals surface area contributed by atoms with Gasteiger partial charge in [-0.15, -0.1) is 16.3 Å². The summed E-state index contributed by atoms with van der Waals surface area (Å²) in [5, 5.41) is 25.5. The Morgan fingerprint density at radius 3 is 0.660 bits per heavy atom. The van der Waals surface area contributed by atoms with Crippen molar-refractivity contribution in [2.24, 2.45) is 0 Å². The van der Waals surface area contributed by atoms with E-state index >= 15 is 0 Å². The zero-order valence-electron chi connectivity index (χ0n) is 35.1. The Morgan fingerprint density at radius 1 is 0.380 bits per heavy atom. The summed E-state index contributed by atoms with van der Waals surface area (Å²) in [6, 6.07) is 0. The first-order chi connectivity index (χ1) is 22.1. The number of hydrogen-bond donors (Lipinski definition) is 0. The Kier molecular flexibility index (Phi) is 21.1. The predicted molar refractivity (Wildman–Crippen MR) is 213 cm³/mol. The van der Waals surface area contributed by atoms with Gasteiger partial charge in [0, 0.05) is 58.9 Å². The smallest absolute Gasteiger partial charge is 0.574 e. The van der Waals surface area contributed by atoms with Gasteiger partial charge in [-0.3, -0.25) is 0 Å². The zero-order chi connectivity index (χ0) is 37.9. The molecule has 5 rings (SSSR count). The van der Waals surface area contributed by atoms with E-state index in [0.717, 1.165) is 26.4 Å². The Balaban J connectivity index is 0.000000625. The second-order valence-corrected chi connectivity index (χ2v) is 22.2. The standard InChI is InChI=1S/3C10H18N2P.2C4H8O.Y/c3*1-9(2,3)7-11-12-8(13-7)10(4,5)6;2*1-2-4-5-3-1;/h3*1-6H3;2*1-4H2;/q3*-1;;;+3. The molecule has 0 aromatic carbocycles. The first kappa shape index (κ1) is 49.9. The number of rotatable bonds is 0. The molecule has 3 aromatic rings. The number of hydrogen-bond acceptors (Lipinski definition) is 5. The molecule has 0 N–H and O–H groups in total. The minimum atomic E-state index is 0. The molecule has 0 unspecified atom stereocenters. The van der Waals surface area contributed by atoms with Crippen LogP contribution >= 0.6 is 24.6 Å². The van der Waals surface area contributed by atoms with E-state index in [0.29, 0.717) is 0 Å². The minimum Gasteiger partial charge on any atom is -0.574 e. The van der Waals surface area contributed by atoms with Gasteiger partial charge in [-0.25, -0.2) is 0 Å². The largest absolute Gasteiger partial charge is 3.00 e. The number of ether oxygens (including phenoxy) is 2. The van der Waals surface area contributed by atoms with Gasteiger partial charge >= 0.3 is 32.7 Å². The molecular formula is C38H70N6O2P3Y. The van der Waals surface area contributed by atoms with Gasteiger partial charge < -0.3 is 40.1 Å². The van der Waals surface area contributed by atoms with E-state index in [1.54, 1.807) is 0 Å². The third-order valence-corrected chi connectivity index (χ3v) is 12.9. The Bertz CT molecular complexity index is 1080. The van der Waals surface area contributed by atoms with Crippen LogP contribution in [0.4, 0.5) is 0 Å². The van der Waals surface area contributed by atoms with E-state index in [1.165, 1.54) is 82.8 Å². The average Bonchev–Trinajstić information content (AvgIpc) is 3.77. The topological polar surface area (TPSA) is 99.4 Å². The molecule has 2 aliphatic heterocycles. The molecule has 2 fully saturated rings. The molecule has 12 heteroatoms. The summed E-state index contributed by atoms with van der Waals surface area (Å²) in [5.74, 6) is 0. The van der Waals surface area contributed by atoms with Crippen molar-refractivity contribution < 1.29 is 42.2 Å². The Labute approximate surface area is 337 Å². The fraction of sp³-hybridized carbons (Fsp3) is 0.842. The maximum absolute atomic E-state index is 4.94. The summed E-state index contributed by atoms with van der Waals surface area (Å²) in [6.07, 6.45) is 5.11. The van der Waals surface area contributed by atoms with Crippen LogP contribution < -0.4 is 15.3 Å². The van der Waals surface area contributed by atoms with Crippen LogP contribution in [0.2, 0.25) is 0 Å². The molecule has 0 saturated carbocycles. The third kappa shape index (κ3) is 19.9. The average molecular weight is 825 g/mol. The molecule has 0 atom stereocenters. The van der Waals surface area contributed by atoms with Gasteiger partial charge in [-0.05, 0) is 41.9 Å². The molecule has 0 radical (unpaired) electrons. The van der Waals surface area contributed by atoms with Crippen LogP contribution in [0.5, 0.6) is 0 Å². The van der Waals surface area contributed by atoms with Crippen LogP contribution in [0, 0.1) is 0 Å². The summed E-state index contributed by atoms with van der Waals surface area (Å²) in [6.45, 7) is 43.2. The van der Waals surface area contributed by atoms with Crippen molar-refractivity contribution in [3.05, 3.63) is 32.6 Å². The molecule has 2 saturated heterocycles. The van der Waals surface area contributed by atoms with Crippen LogP contribution in [-0.4, -0.2) is 41.7 Å². The van der Waals surface area contributed by atoms with E-state index in [4.69, 9.17) is 9.47 Å². The van der Waals surface area contributed by atoms with Crippen LogP contribution in [0.3, 0.4) is 0 Å². The number of aromatic nitrogens is 6. The maximum atomic E-state index is 4.94. The molecule has 0 bridgehead atoms. The van der Waals surface area contributed by atoms with E-state index < -0.39 is 0 Å². The van der Waals surface area contributed by atoms with E-state index in [1.807, 2.05) is 0 Å². The van der Waals surface area contributed by atoms with Crippen LogP contribution in [0.25, 0.3) is 0 Å². The summed E-state index contributed by atoms with van der Waals surface area (Å²) in [7, 11) is 3.63. The molecule has 3 aromatic heterocycles. The van der Waals surface area contributed by atoms with Gasteiger partial charge in [-0.1, -0.05) is 149 Å². The molecule has 5 heterocycles. The Hall–Kier alpha value is -0.0561. The summed E-state index contributed by atoms with van der Waals surface area (Å²) < 4.78 is 9.89. The van der Waals surface area contributed by atoms with Crippen molar-refractivity contribution in [1.82, 2.24) is 30.6 Å². The van der Waals surface area contributed by atoms with Gasteiger partial charge in [0.05, 0.1) is 0 Å². The van der Waals surface area contributed by atoms with Crippen molar-refractivity contribution in [2.45, 2.75) is 183 Å². The molecule has 0 amide bonds. The van der Waals surface area contributed by atoms with E-state index in [2.05, 4.69) is 155 Å². The van der Waals surface area contributed by atoms with Gasteiger partial charge in [0.2, 0.25) is 0 Å². The summed E-state index contributed by atoms with van der Waals surface area (Å²) in [5.41, 5.74) is 7.97. The van der Waals surface area contributed by atoms with Crippen molar-refractivity contribution >= 4 is 24.6 Å². The quantitative estimate of drug-likeness (QED) is 0.221. The van der Waals surface area contributed by atoms with E-state index in [-0.39, 0.29) is 65.2 Å². The van der Waals surface area contributed by atoms with Gasteiger partial charge in [0.1, 0.15) is 0 Å². The van der Waals surface area contributed by atoms with Crippen molar-refractivity contribution in [1.29, 1.82) is 0 Å². The minimum absolute atomic E-state index is 0. The van der Waals surface area contributed by atoms with Gasteiger partial charge in [0.25, 0.3) is 0 Å². The van der Waals surface area contributed by atoms with Crippen molar-refractivity contribution in [3.8, 4) is 0 Å². The van der Waals surface area contributed by atoms with Crippen LogP contribution in [0.1, 0.15) is 183 Å². The molecule has 0 spiro atoms. The second-order valence-electron chi connectivity index (χ2n) is 19.0. The molecule has 0 aliphatic carbocycles.